The molecule has 0 fully saturated rings. The number of ether oxygens (including phenoxy) is 1. The molecule has 0 bridgehead atoms. The third-order valence-corrected chi connectivity index (χ3v) is 5.99. The maximum absolute atomic E-state index is 13.6. The first-order valence-corrected chi connectivity index (χ1v) is 11.4. The Hall–Kier alpha value is -3.19. The van der Waals surface area contributed by atoms with Crippen molar-refractivity contribution in [3.05, 3.63) is 76.0 Å². The maximum Gasteiger partial charge on any atom is 0.235 e. The Balaban J connectivity index is 1.61. The lowest BCUT2D eigenvalue weighted by molar-refractivity contribution is -0.133. The number of amides is 1. The Morgan fingerprint density at radius 2 is 2.06 bits per heavy atom. The maximum atomic E-state index is 13.6. The average molecular weight is 468 g/mol. The molecule has 0 aliphatic carbocycles. The van der Waals surface area contributed by atoms with Crippen LogP contribution in [0.5, 0.6) is 5.75 Å². The van der Waals surface area contributed by atoms with E-state index in [2.05, 4.69) is 10.2 Å². The number of rotatable bonds is 7. The molecular weight excluding hydrogens is 442 g/mol. The molecule has 1 aliphatic heterocycles. The highest BCUT2D eigenvalue weighted by Gasteiger charge is 2.31. The van der Waals surface area contributed by atoms with E-state index in [1.54, 1.807) is 30.0 Å². The van der Waals surface area contributed by atoms with E-state index in [1.165, 1.54) is 0 Å². The minimum atomic E-state index is -0.460. The Morgan fingerprint density at radius 3 is 2.79 bits per heavy atom. The summed E-state index contributed by atoms with van der Waals surface area (Å²) < 4.78 is 11.1. The molecule has 1 unspecified atom stereocenters. The van der Waals surface area contributed by atoms with Crippen molar-refractivity contribution in [2.75, 3.05) is 6.61 Å². The fraction of sp³-hybridized carbons (Fsp3) is 0.360. The van der Waals surface area contributed by atoms with E-state index in [0.717, 1.165) is 17.5 Å². The minimum Gasteiger partial charge on any atom is -0.494 e. The van der Waals surface area contributed by atoms with E-state index < -0.39 is 5.92 Å². The van der Waals surface area contributed by atoms with Crippen LogP contribution >= 0.6 is 11.6 Å². The summed E-state index contributed by atoms with van der Waals surface area (Å²) in [7, 11) is 0. The fourth-order valence-electron chi connectivity index (χ4n) is 4.07. The van der Waals surface area contributed by atoms with Gasteiger partial charge in [-0.1, -0.05) is 42.8 Å². The Kier molecular flexibility index (Phi) is 7.08. The molecule has 0 N–H and O–H groups in total. The molecule has 1 aromatic heterocycles. The van der Waals surface area contributed by atoms with Crippen molar-refractivity contribution < 1.29 is 18.7 Å². The third-order valence-electron chi connectivity index (χ3n) is 5.68. The molecule has 0 saturated carbocycles. The van der Waals surface area contributed by atoms with Crippen LogP contribution in [0, 0.1) is 6.92 Å². The quantitative estimate of drug-likeness (QED) is 0.449. The number of fused-ring (bicyclic) bond motifs is 1. The first kappa shape index (κ1) is 23.0. The van der Waals surface area contributed by atoms with Crippen molar-refractivity contribution in [3.8, 4) is 5.75 Å². The number of aromatic nitrogens is 2. The van der Waals surface area contributed by atoms with Crippen LogP contribution in [0.3, 0.4) is 0 Å². The van der Waals surface area contributed by atoms with E-state index in [4.69, 9.17) is 20.8 Å². The summed E-state index contributed by atoms with van der Waals surface area (Å²) in [6, 6.07) is 12.9. The van der Waals surface area contributed by atoms with E-state index in [-0.39, 0.29) is 24.7 Å². The number of carbonyl (C=O) groups is 2. The van der Waals surface area contributed by atoms with Gasteiger partial charge < -0.3 is 14.1 Å². The largest absolute Gasteiger partial charge is 0.494 e. The second kappa shape index (κ2) is 10.2. The molecule has 0 spiro atoms. The van der Waals surface area contributed by atoms with Crippen LogP contribution in [-0.2, 0) is 17.9 Å². The SMILES string of the molecule is CCCOc1ccc(C(=O)C2CCC(=O)N(Cc3nnc(C)o3)Cc3ccccc32)c(Cl)c1. The number of benzene rings is 2. The summed E-state index contributed by atoms with van der Waals surface area (Å²) in [5.74, 6) is 0.870. The van der Waals surface area contributed by atoms with Gasteiger partial charge in [0.25, 0.3) is 0 Å². The molecule has 3 aromatic rings. The normalized spacial score (nSPS) is 16.2. The highest BCUT2D eigenvalue weighted by Crippen LogP contribution is 2.34. The van der Waals surface area contributed by atoms with Crippen molar-refractivity contribution in [2.45, 2.75) is 52.1 Å². The number of nitrogens with zero attached hydrogens (tertiary/aromatic N) is 3. The molecule has 0 radical (unpaired) electrons. The lowest BCUT2D eigenvalue weighted by Crippen LogP contribution is -2.33. The molecule has 1 amide bonds. The van der Waals surface area contributed by atoms with E-state index in [1.807, 2.05) is 31.2 Å². The highest BCUT2D eigenvalue weighted by atomic mass is 35.5. The van der Waals surface area contributed by atoms with Crippen LogP contribution in [0.4, 0.5) is 0 Å². The summed E-state index contributed by atoms with van der Waals surface area (Å²) >= 11 is 6.47. The van der Waals surface area contributed by atoms with Crippen LogP contribution < -0.4 is 4.74 Å². The number of carbonyl (C=O) groups excluding carboxylic acids is 2. The summed E-state index contributed by atoms with van der Waals surface area (Å²) in [5.41, 5.74) is 2.26. The van der Waals surface area contributed by atoms with Crippen LogP contribution in [0.25, 0.3) is 0 Å². The number of halogens is 1. The average Bonchev–Trinajstić information content (AvgIpc) is 3.21. The number of Topliss-reactive ketones (excluding diaryl/α,β-unsaturated/α-hetero) is 1. The van der Waals surface area contributed by atoms with Gasteiger partial charge in [-0.3, -0.25) is 9.59 Å². The lowest BCUT2D eigenvalue weighted by Gasteiger charge is -2.29. The van der Waals surface area contributed by atoms with Crippen LogP contribution in [-0.4, -0.2) is 33.4 Å². The molecule has 172 valence electrons. The molecule has 2 heterocycles. The summed E-state index contributed by atoms with van der Waals surface area (Å²) in [6.07, 6.45) is 1.50. The molecular formula is C25H26ClN3O4. The predicted molar refractivity (Wildman–Crippen MR) is 123 cm³/mol. The van der Waals surface area contributed by atoms with Crippen LogP contribution in [0.1, 0.15) is 65.4 Å². The number of ketones is 1. The first-order chi connectivity index (χ1) is 16.0. The molecule has 0 saturated heterocycles. The van der Waals surface area contributed by atoms with Crippen molar-refractivity contribution in [1.82, 2.24) is 15.1 Å². The second-order valence-electron chi connectivity index (χ2n) is 8.11. The van der Waals surface area contributed by atoms with Crippen molar-refractivity contribution in [2.24, 2.45) is 0 Å². The molecule has 7 nitrogen and oxygen atoms in total. The van der Waals surface area contributed by atoms with Crippen LogP contribution in [0.2, 0.25) is 5.02 Å². The van der Waals surface area contributed by atoms with Crippen molar-refractivity contribution >= 4 is 23.3 Å². The molecule has 33 heavy (non-hydrogen) atoms. The molecule has 8 heteroatoms. The number of aryl methyl sites for hydroxylation is 1. The zero-order valence-electron chi connectivity index (χ0n) is 18.7. The smallest absolute Gasteiger partial charge is 0.235 e. The van der Waals surface area contributed by atoms with Gasteiger partial charge in [-0.2, -0.15) is 0 Å². The zero-order valence-corrected chi connectivity index (χ0v) is 19.5. The van der Waals surface area contributed by atoms with Crippen molar-refractivity contribution in [3.63, 3.8) is 0 Å². The van der Waals surface area contributed by atoms with Gasteiger partial charge in [-0.05, 0) is 42.2 Å². The monoisotopic (exact) mass is 467 g/mol. The van der Waals surface area contributed by atoms with Gasteiger partial charge in [0.1, 0.15) is 5.75 Å². The summed E-state index contributed by atoms with van der Waals surface area (Å²) in [4.78, 5) is 28.3. The minimum absolute atomic E-state index is 0.0624. The summed E-state index contributed by atoms with van der Waals surface area (Å²) in [5, 5.41) is 8.21. The Labute approximate surface area is 197 Å². The molecule has 1 atom stereocenters. The standard InChI is InChI=1S/C25H26ClN3O4/c1-3-12-32-18-8-9-21(22(26)13-18)25(31)20-10-11-24(30)29(15-23-28-27-16(2)33-23)14-17-6-4-5-7-19(17)20/h4-9,13,20H,3,10-12,14-15H2,1-2H3. The highest BCUT2D eigenvalue weighted by molar-refractivity contribution is 6.34. The second-order valence-corrected chi connectivity index (χ2v) is 8.52. The van der Waals surface area contributed by atoms with Crippen molar-refractivity contribution in [1.29, 1.82) is 0 Å². The van der Waals surface area contributed by atoms with Gasteiger partial charge in [0.2, 0.25) is 17.7 Å². The summed E-state index contributed by atoms with van der Waals surface area (Å²) in [6.45, 7) is 4.92. The van der Waals surface area contributed by atoms with E-state index in [0.29, 0.717) is 47.7 Å². The van der Waals surface area contributed by atoms with Gasteiger partial charge in [-0.25, -0.2) is 0 Å². The fourth-order valence-corrected chi connectivity index (χ4v) is 4.33. The van der Waals surface area contributed by atoms with Gasteiger partial charge >= 0.3 is 0 Å². The van der Waals surface area contributed by atoms with E-state index in [9.17, 15) is 9.59 Å². The van der Waals surface area contributed by atoms with Gasteiger partial charge in [0.05, 0.1) is 18.2 Å². The lowest BCUT2D eigenvalue weighted by atomic mass is 9.83. The topological polar surface area (TPSA) is 85.5 Å². The van der Waals surface area contributed by atoms with Gasteiger partial charge in [-0.15, -0.1) is 10.2 Å². The van der Waals surface area contributed by atoms with Crippen LogP contribution in [0.15, 0.2) is 46.9 Å². The van der Waals surface area contributed by atoms with E-state index >= 15 is 0 Å². The van der Waals surface area contributed by atoms with Gasteiger partial charge in [0, 0.05) is 31.4 Å². The van der Waals surface area contributed by atoms with Gasteiger partial charge in [0.15, 0.2) is 5.78 Å². The molecule has 2 aromatic carbocycles. The zero-order chi connectivity index (χ0) is 23.4. The number of hydrogen-bond acceptors (Lipinski definition) is 6. The number of hydrogen-bond donors (Lipinski definition) is 0. The Morgan fingerprint density at radius 1 is 1.24 bits per heavy atom. The Bertz CT molecular complexity index is 1160. The predicted octanol–water partition coefficient (Wildman–Crippen LogP) is 5.11. The third kappa shape index (κ3) is 5.25. The molecule has 4 rings (SSSR count). The first-order valence-electron chi connectivity index (χ1n) is 11.1. The molecule has 1 aliphatic rings.